The molecule has 1 atom stereocenters. The first-order chi connectivity index (χ1) is 26.5. The molecule has 18 heteroatoms. The third-order valence-corrected chi connectivity index (χ3v) is 11.9. The zero-order valence-corrected chi connectivity index (χ0v) is 31.4. The second-order valence-corrected chi connectivity index (χ2v) is 15.7. The van der Waals surface area contributed by atoms with Crippen LogP contribution in [0.3, 0.4) is 0 Å². The molecule has 2 amide bonds. The summed E-state index contributed by atoms with van der Waals surface area (Å²) in [5.41, 5.74) is 5.57. The van der Waals surface area contributed by atoms with E-state index in [1.165, 1.54) is 9.13 Å². The van der Waals surface area contributed by atoms with Crippen molar-refractivity contribution in [3.63, 3.8) is 0 Å². The number of anilines is 3. The number of aromatic amines is 1. The Morgan fingerprint density at radius 2 is 1.84 bits per heavy atom. The van der Waals surface area contributed by atoms with Crippen molar-refractivity contribution in [3.8, 4) is 16.9 Å². The van der Waals surface area contributed by atoms with E-state index in [1.54, 1.807) is 48.4 Å². The Kier molecular flexibility index (Phi) is 9.38. The zero-order valence-electron chi connectivity index (χ0n) is 30.6. The maximum absolute atomic E-state index is 13.4. The lowest BCUT2D eigenvalue weighted by molar-refractivity contribution is -0.135. The lowest BCUT2D eigenvalue weighted by atomic mass is 9.96. The van der Waals surface area contributed by atoms with Crippen LogP contribution >= 0.6 is 0 Å². The quantitative estimate of drug-likeness (QED) is 0.141. The van der Waals surface area contributed by atoms with Crippen molar-refractivity contribution in [2.45, 2.75) is 50.5 Å². The predicted octanol–water partition coefficient (Wildman–Crippen LogP) is 3.40. The zero-order chi connectivity index (χ0) is 38.4. The van der Waals surface area contributed by atoms with Crippen LogP contribution in [-0.2, 0) is 26.7 Å². The van der Waals surface area contributed by atoms with Gasteiger partial charge in [-0.1, -0.05) is 0 Å². The lowest BCUT2D eigenvalue weighted by Gasteiger charge is -2.33. The Morgan fingerprint density at radius 3 is 2.56 bits per heavy atom. The Balaban J connectivity index is 0.896. The number of nitrogens with zero attached hydrogens (tertiary/aromatic N) is 7. The van der Waals surface area contributed by atoms with E-state index in [2.05, 4.69) is 40.5 Å². The molecule has 4 aromatic heterocycles. The SMILES string of the molecule is CCOc1c(-c2cn[nH]c2)ccn2nc(Nc3ccc(S(=O)(=O)NCC4CCN(c5ccc6c(c5)n(C)c(=O)n6C5CCC(=O)NC5=O)CC4)cc3C)nc12. The molecule has 0 aliphatic carbocycles. The number of carbonyl (C=O) groups is 2. The number of H-pyrrole nitrogens is 1. The van der Waals surface area contributed by atoms with Crippen LogP contribution in [0.15, 0.2) is 70.7 Å². The molecular formula is C37H41N11O6S. The Hall–Kier alpha value is -6.01. The summed E-state index contributed by atoms with van der Waals surface area (Å²) >= 11 is 0. The molecule has 4 N–H and O–H groups in total. The van der Waals surface area contributed by atoms with Crippen LogP contribution in [0.5, 0.6) is 5.75 Å². The molecule has 2 aliphatic rings. The molecule has 17 nitrogen and oxygen atoms in total. The number of aryl methyl sites for hydroxylation is 2. The van der Waals surface area contributed by atoms with Gasteiger partial charge in [-0.2, -0.15) is 10.1 Å². The first-order valence-corrected chi connectivity index (χ1v) is 19.7. The molecule has 2 fully saturated rings. The van der Waals surface area contributed by atoms with Crippen molar-refractivity contribution in [2.75, 3.05) is 36.5 Å². The van der Waals surface area contributed by atoms with Crippen molar-refractivity contribution < 1.29 is 22.7 Å². The first kappa shape index (κ1) is 36.0. The second-order valence-electron chi connectivity index (χ2n) is 13.9. The topological polar surface area (TPSA) is 203 Å². The van der Waals surface area contributed by atoms with E-state index in [-0.39, 0.29) is 35.3 Å². The maximum Gasteiger partial charge on any atom is 0.329 e. The minimum absolute atomic E-state index is 0.145. The number of imide groups is 1. The number of hydrogen-bond acceptors (Lipinski definition) is 11. The van der Waals surface area contributed by atoms with Gasteiger partial charge in [-0.25, -0.2) is 22.4 Å². The van der Waals surface area contributed by atoms with Crippen LogP contribution in [0.1, 0.15) is 44.2 Å². The smallest absolute Gasteiger partial charge is 0.329 e. The molecule has 0 saturated carbocycles. The van der Waals surface area contributed by atoms with E-state index in [9.17, 15) is 22.8 Å². The summed E-state index contributed by atoms with van der Waals surface area (Å²) in [5.74, 6) is 0.264. The second kappa shape index (κ2) is 14.3. The summed E-state index contributed by atoms with van der Waals surface area (Å²) in [5, 5.41) is 17.0. The van der Waals surface area contributed by atoms with Crippen molar-refractivity contribution in [2.24, 2.45) is 13.0 Å². The van der Waals surface area contributed by atoms with Gasteiger partial charge in [0.1, 0.15) is 6.04 Å². The molecule has 8 rings (SSSR count). The molecule has 0 radical (unpaired) electrons. The van der Waals surface area contributed by atoms with Gasteiger partial charge in [0.05, 0.1) is 28.7 Å². The third kappa shape index (κ3) is 6.82. The fourth-order valence-electron chi connectivity index (χ4n) is 7.44. The molecule has 6 aromatic rings. The summed E-state index contributed by atoms with van der Waals surface area (Å²) in [6, 6.07) is 11.8. The highest BCUT2D eigenvalue weighted by molar-refractivity contribution is 7.89. The summed E-state index contributed by atoms with van der Waals surface area (Å²) < 4.78 is 40.2. The summed E-state index contributed by atoms with van der Waals surface area (Å²) in [4.78, 5) is 44.5. The standard InChI is InChI=1S/C37H41N11O6S/c1-4-54-33-27(24-20-38-39-21-24)13-16-47-34(33)43-36(44-47)41-28-7-6-26(17-22(28)2)55(52,53)40-19-23-11-14-46(15-12-23)25-5-8-29-31(18-25)45(3)37(51)48(29)30-9-10-32(49)42-35(30)50/h5-8,13,16-18,20-21,23,30,40H,4,9-12,14-15,19H2,1-3H3,(H,38,39)(H,41,44)(H,42,49,50). The van der Waals surface area contributed by atoms with E-state index >= 15 is 0 Å². The van der Waals surface area contributed by atoms with Gasteiger partial charge >= 0.3 is 5.69 Å². The average Bonchev–Trinajstić information content (AvgIpc) is 3.91. The lowest BCUT2D eigenvalue weighted by Crippen LogP contribution is -2.44. The molecule has 2 aliphatic heterocycles. The average molecular weight is 768 g/mol. The minimum atomic E-state index is -3.78. The molecule has 55 heavy (non-hydrogen) atoms. The van der Waals surface area contributed by atoms with Crippen LogP contribution in [0.25, 0.3) is 27.8 Å². The highest BCUT2D eigenvalue weighted by Crippen LogP contribution is 2.34. The van der Waals surface area contributed by atoms with Gasteiger partial charge in [-0.05, 0) is 87.1 Å². The Morgan fingerprint density at radius 1 is 1.02 bits per heavy atom. The number of ether oxygens (including phenoxy) is 1. The van der Waals surface area contributed by atoms with Gasteiger partial charge in [-0.3, -0.25) is 29.1 Å². The number of hydrogen-bond donors (Lipinski definition) is 4. The van der Waals surface area contributed by atoms with Gasteiger partial charge < -0.3 is 15.0 Å². The van der Waals surface area contributed by atoms with E-state index in [4.69, 9.17) is 4.74 Å². The molecular weight excluding hydrogens is 727 g/mol. The molecule has 286 valence electrons. The molecule has 0 bridgehead atoms. The molecule has 0 spiro atoms. The van der Waals surface area contributed by atoms with Gasteiger partial charge in [0.25, 0.3) is 0 Å². The van der Waals surface area contributed by atoms with E-state index in [0.717, 1.165) is 29.7 Å². The monoisotopic (exact) mass is 767 g/mol. The number of nitrogens with one attached hydrogen (secondary N) is 4. The number of carbonyl (C=O) groups excluding carboxylic acids is 2. The largest absolute Gasteiger partial charge is 0.489 e. The number of rotatable bonds is 11. The van der Waals surface area contributed by atoms with Crippen LogP contribution in [0, 0.1) is 12.8 Å². The number of sulfonamides is 1. The van der Waals surface area contributed by atoms with Gasteiger partial charge in [0.2, 0.25) is 27.8 Å². The Bertz CT molecular complexity index is 2600. The normalized spacial score (nSPS) is 16.9. The third-order valence-electron chi connectivity index (χ3n) is 10.5. The highest BCUT2D eigenvalue weighted by atomic mass is 32.2. The number of imidazole rings is 1. The number of amides is 2. The summed E-state index contributed by atoms with van der Waals surface area (Å²) in [6.45, 7) is 5.91. The predicted molar refractivity (Wildman–Crippen MR) is 205 cm³/mol. The highest BCUT2D eigenvalue weighted by Gasteiger charge is 2.32. The van der Waals surface area contributed by atoms with E-state index < -0.39 is 22.0 Å². The number of pyridine rings is 1. The van der Waals surface area contributed by atoms with Crippen LogP contribution in [-0.4, -0.2) is 80.4 Å². The molecule has 2 saturated heterocycles. The van der Waals surface area contributed by atoms with E-state index in [0.29, 0.717) is 65.9 Å². The number of benzene rings is 2. The maximum atomic E-state index is 13.4. The number of piperidine rings is 2. The van der Waals surface area contributed by atoms with E-state index in [1.807, 2.05) is 38.1 Å². The van der Waals surface area contributed by atoms with Crippen molar-refractivity contribution in [1.29, 1.82) is 0 Å². The fourth-order valence-corrected chi connectivity index (χ4v) is 8.64. The summed E-state index contributed by atoms with van der Waals surface area (Å²) in [7, 11) is -2.10. The van der Waals surface area contributed by atoms with Crippen molar-refractivity contribution in [3.05, 3.63) is 77.1 Å². The number of fused-ring (bicyclic) bond motifs is 2. The van der Waals surface area contributed by atoms with Crippen LogP contribution in [0.2, 0.25) is 0 Å². The first-order valence-electron chi connectivity index (χ1n) is 18.2. The number of aromatic nitrogens is 7. The van der Waals surface area contributed by atoms with Gasteiger partial charge in [0.15, 0.2) is 11.4 Å². The summed E-state index contributed by atoms with van der Waals surface area (Å²) in [6.07, 6.45) is 7.30. The van der Waals surface area contributed by atoms with Crippen molar-refractivity contribution in [1.82, 2.24) is 44.0 Å². The Labute approximate surface area is 315 Å². The molecule has 1 unspecified atom stereocenters. The van der Waals surface area contributed by atoms with Crippen LogP contribution in [0.4, 0.5) is 17.3 Å². The van der Waals surface area contributed by atoms with Crippen LogP contribution < -0.4 is 30.7 Å². The van der Waals surface area contributed by atoms with Gasteiger partial charge in [0, 0.05) is 68.0 Å². The molecule has 2 aromatic carbocycles. The fraction of sp³-hybridized carbons (Fsp3) is 0.351. The van der Waals surface area contributed by atoms with Crippen molar-refractivity contribution >= 4 is 55.8 Å². The van der Waals surface area contributed by atoms with Gasteiger partial charge in [-0.15, -0.1) is 5.10 Å². The molecule has 6 heterocycles. The minimum Gasteiger partial charge on any atom is -0.489 e.